The van der Waals surface area contributed by atoms with Crippen molar-refractivity contribution in [3.8, 4) is 0 Å². The molecule has 1 atom stereocenters. The lowest BCUT2D eigenvalue weighted by Crippen LogP contribution is -2.53. The first-order chi connectivity index (χ1) is 8.56. The van der Waals surface area contributed by atoms with Crippen LogP contribution >= 0.6 is 0 Å². The maximum Gasteiger partial charge on any atom is 0.322 e. The van der Waals surface area contributed by atoms with Crippen LogP contribution in [0, 0.1) is 5.41 Å². The maximum absolute atomic E-state index is 12.2. The third-order valence-corrected chi connectivity index (χ3v) is 4.24. The second-order valence-corrected chi connectivity index (χ2v) is 7.36. The van der Waals surface area contributed by atoms with Crippen LogP contribution in [0.2, 0.25) is 0 Å². The Morgan fingerprint density at radius 2 is 1.63 bits per heavy atom. The van der Waals surface area contributed by atoms with Crippen LogP contribution in [0.1, 0.15) is 47.5 Å². The van der Waals surface area contributed by atoms with Crippen molar-refractivity contribution in [1.29, 1.82) is 0 Å². The predicted molar refractivity (Wildman–Crippen MR) is 75.1 cm³/mol. The van der Waals surface area contributed by atoms with E-state index in [4.69, 9.17) is 5.11 Å². The summed E-state index contributed by atoms with van der Waals surface area (Å²) in [5.74, 6) is -1.16. The van der Waals surface area contributed by atoms with Crippen molar-refractivity contribution in [1.82, 2.24) is 9.03 Å². The molecule has 0 aromatic rings. The van der Waals surface area contributed by atoms with Crippen molar-refractivity contribution in [2.75, 3.05) is 13.1 Å². The van der Waals surface area contributed by atoms with Crippen molar-refractivity contribution < 1.29 is 18.3 Å². The van der Waals surface area contributed by atoms with E-state index in [1.54, 1.807) is 20.8 Å². The molecular formula is C12H26N2O4S. The molecule has 0 radical (unpaired) electrons. The van der Waals surface area contributed by atoms with Gasteiger partial charge in [0.25, 0.3) is 10.2 Å². The van der Waals surface area contributed by atoms with Crippen molar-refractivity contribution in [2.24, 2.45) is 5.41 Å². The van der Waals surface area contributed by atoms with E-state index in [-0.39, 0.29) is 0 Å². The first-order valence-electron chi connectivity index (χ1n) is 6.56. The number of hydrogen-bond donors (Lipinski definition) is 2. The van der Waals surface area contributed by atoms with Gasteiger partial charge in [-0.05, 0) is 18.3 Å². The molecule has 0 aliphatic carbocycles. The third-order valence-electron chi connectivity index (χ3n) is 2.67. The van der Waals surface area contributed by atoms with Gasteiger partial charge in [0.15, 0.2) is 0 Å². The second-order valence-electron chi connectivity index (χ2n) is 5.66. The van der Waals surface area contributed by atoms with Crippen LogP contribution in [0.15, 0.2) is 0 Å². The molecule has 0 fully saturated rings. The van der Waals surface area contributed by atoms with Crippen LogP contribution in [-0.4, -0.2) is 42.9 Å². The Morgan fingerprint density at radius 1 is 1.21 bits per heavy atom. The Kier molecular flexibility index (Phi) is 6.96. The molecule has 0 aliphatic heterocycles. The van der Waals surface area contributed by atoms with Crippen LogP contribution in [0.3, 0.4) is 0 Å². The minimum atomic E-state index is -3.77. The van der Waals surface area contributed by atoms with E-state index in [9.17, 15) is 13.2 Å². The Hall–Kier alpha value is -0.660. The molecule has 6 nitrogen and oxygen atoms in total. The van der Waals surface area contributed by atoms with Gasteiger partial charge >= 0.3 is 5.97 Å². The lowest BCUT2D eigenvalue weighted by atomic mass is 9.88. The molecule has 0 saturated carbocycles. The van der Waals surface area contributed by atoms with Crippen LogP contribution in [0.5, 0.6) is 0 Å². The molecular weight excluding hydrogens is 268 g/mol. The molecule has 0 aliphatic rings. The van der Waals surface area contributed by atoms with Crippen molar-refractivity contribution in [3.63, 3.8) is 0 Å². The van der Waals surface area contributed by atoms with E-state index in [1.807, 2.05) is 13.8 Å². The van der Waals surface area contributed by atoms with Gasteiger partial charge in [0.05, 0.1) is 0 Å². The summed E-state index contributed by atoms with van der Waals surface area (Å²) in [6.45, 7) is 9.63. The molecule has 0 unspecified atom stereocenters. The average Bonchev–Trinajstić information content (AvgIpc) is 2.24. The van der Waals surface area contributed by atoms with Gasteiger partial charge in [0, 0.05) is 13.1 Å². The Bertz CT molecular complexity index is 381. The fraction of sp³-hybridized carbons (Fsp3) is 0.917. The van der Waals surface area contributed by atoms with Crippen LogP contribution < -0.4 is 4.72 Å². The number of hydrogen-bond acceptors (Lipinski definition) is 3. The molecule has 2 N–H and O–H groups in total. The number of carboxylic acids is 1. The average molecular weight is 294 g/mol. The molecule has 0 rings (SSSR count). The minimum absolute atomic E-state index is 0.389. The van der Waals surface area contributed by atoms with Crippen molar-refractivity contribution in [3.05, 3.63) is 0 Å². The van der Waals surface area contributed by atoms with Gasteiger partial charge < -0.3 is 5.11 Å². The highest BCUT2D eigenvalue weighted by Gasteiger charge is 2.36. The zero-order valence-corrected chi connectivity index (χ0v) is 13.2. The molecule has 7 heteroatoms. The number of nitrogens with zero attached hydrogens (tertiary/aromatic N) is 1. The highest BCUT2D eigenvalue weighted by molar-refractivity contribution is 7.87. The molecule has 0 amide bonds. The number of aliphatic carboxylic acids is 1. The second kappa shape index (κ2) is 7.21. The number of nitrogens with one attached hydrogen (secondary N) is 1. The Labute approximate surface area is 116 Å². The zero-order chi connectivity index (χ0) is 15.3. The number of carbonyl (C=O) groups is 1. The quantitative estimate of drug-likeness (QED) is 0.709. The normalized spacial score (nSPS) is 14.6. The van der Waals surface area contributed by atoms with Gasteiger partial charge in [-0.15, -0.1) is 0 Å². The summed E-state index contributed by atoms with van der Waals surface area (Å²) < 4.78 is 28.0. The molecule has 0 spiro atoms. The van der Waals surface area contributed by atoms with Gasteiger partial charge in [-0.25, -0.2) is 0 Å². The summed E-state index contributed by atoms with van der Waals surface area (Å²) in [5, 5.41) is 9.17. The molecule has 0 heterocycles. The fourth-order valence-electron chi connectivity index (χ4n) is 1.67. The number of rotatable bonds is 8. The standard InChI is InChI=1S/C12H26N2O4S/c1-6-8-14(9-7-2)19(17,18)13-10(11(15)16)12(3,4)5/h10,13H,6-9H2,1-5H3,(H,15,16)/t10-/m0/s1. The summed E-state index contributed by atoms with van der Waals surface area (Å²) >= 11 is 0. The highest BCUT2D eigenvalue weighted by atomic mass is 32.2. The van der Waals surface area contributed by atoms with E-state index in [2.05, 4.69) is 4.72 Å². The van der Waals surface area contributed by atoms with E-state index < -0.39 is 27.6 Å². The lowest BCUT2D eigenvalue weighted by molar-refractivity contribution is -0.141. The van der Waals surface area contributed by atoms with Crippen molar-refractivity contribution >= 4 is 16.2 Å². The Morgan fingerprint density at radius 3 is 1.89 bits per heavy atom. The lowest BCUT2D eigenvalue weighted by Gasteiger charge is -2.30. The predicted octanol–water partition coefficient (Wildman–Crippen LogP) is 1.44. The summed E-state index contributed by atoms with van der Waals surface area (Å²) in [5.41, 5.74) is -0.691. The summed E-state index contributed by atoms with van der Waals surface area (Å²) in [7, 11) is -3.77. The highest BCUT2D eigenvalue weighted by Crippen LogP contribution is 2.20. The van der Waals surface area contributed by atoms with Gasteiger partial charge in [0.2, 0.25) is 0 Å². The van der Waals surface area contributed by atoms with Crippen LogP contribution in [0.4, 0.5) is 0 Å². The maximum atomic E-state index is 12.2. The third kappa shape index (κ3) is 5.88. The monoisotopic (exact) mass is 294 g/mol. The zero-order valence-electron chi connectivity index (χ0n) is 12.4. The van der Waals surface area contributed by atoms with Gasteiger partial charge in [0.1, 0.15) is 6.04 Å². The topological polar surface area (TPSA) is 86.7 Å². The summed E-state index contributed by atoms with van der Waals surface area (Å²) in [4.78, 5) is 11.2. The minimum Gasteiger partial charge on any atom is -0.480 e. The largest absolute Gasteiger partial charge is 0.480 e. The fourth-order valence-corrected chi connectivity index (χ4v) is 3.42. The van der Waals surface area contributed by atoms with Gasteiger partial charge in [-0.2, -0.15) is 17.4 Å². The summed E-state index contributed by atoms with van der Waals surface area (Å²) in [6, 6.07) is -1.14. The van der Waals surface area contributed by atoms with E-state index in [1.165, 1.54) is 4.31 Å². The van der Waals surface area contributed by atoms with E-state index in [0.717, 1.165) is 0 Å². The molecule has 114 valence electrons. The number of carboxylic acid groups (broad SMARTS) is 1. The summed E-state index contributed by atoms with van der Waals surface area (Å²) in [6.07, 6.45) is 1.38. The first-order valence-corrected chi connectivity index (χ1v) is 8.00. The molecule has 19 heavy (non-hydrogen) atoms. The van der Waals surface area contributed by atoms with Crippen LogP contribution in [0.25, 0.3) is 0 Å². The molecule has 0 aromatic heterocycles. The Balaban J connectivity index is 5.13. The van der Waals surface area contributed by atoms with E-state index >= 15 is 0 Å². The van der Waals surface area contributed by atoms with Gasteiger partial charge in [-0.1, -0.05) is 34.6 Å². The molecule has 0 bridgehead atoms. The van der Waals surface area contributed by atoms with Gasteiger partial charge in [-0.3, -0.25) is 4.79 Å². The van der Waals surface area contributed by atoms with E-state index in [0.29, 0.717) is 25.9 Å². The van der Waals surface area contributed by atoms with Crippen molar-refractivity contribution in [2.45, 2.75) is 53.5 Å². The molecule has 0 saturated heterocycles. The smallest absolute Gasteiger partial charge is 0.322 e. The first kappa shape index (κ1) is 18.3. The molecule has 0 aromatic carbocycles. The van der Waals surface area contributed by atoms with Crippen LogP contribution in [-0.2, 0) is 15.0 Å². The SMILES string of the molecule is CCCN(CCC)S(=O)(=O)N[C@@H](C(=O)O)C(C)(C)C.